The van der Waals surface area contributed by atoms with Gasteiger partial charge in [0.05, 0.1) is 12.0 Å². The fraction of sp³-hybridized carbons (Fsp3) is 0.778. The minimum Gasteiger partial charge on any atom is -0.444 e. The fourth-order valence-corrected chi connectivity index (χ4v) is 12.9. The highest BCUT2D eigenvalue weighted by Gasteiger charge is 2.72. The van der Waals surface area contributed by atoms with Crippen LogP contribution in [0.25, 0.3) is 0 Å². The average molecular weight is 633 g/mol. The third kappa shape index (κ3) is 4.23. The van der Waals surface area contributed by atoms with Gasteiger partial charge in [-0.15, -0.1) is 5.10 Å². The van der Waals surface area contributed by atoms with Gasteiger partial charge in [-0.05, 0) is 116 Å². The van der Waals surface area contributed by atoms with Crippen LogP contribution in [0.3, 0.4) is 0 Å². The van der Waals surface area contributed by atoms with Crippen molar-refractivity contribution in [1.82, 2.24) is 29.5 Å². The van der Waals surface area contributed by atoms with Crippen molar-refractivity contribution in [1.29, 1.82) is 0 Å². The number of nitrogens with zero attached hydrogens (tertiary/aromatic N) is 6. The molecule has 2 aromatic heterocycles. The number of fused-ring (bicyclic) bond motifs is 7. The average Bonchev–Trinajstić information content (AvgIpc) is 3.81. The molecule has 0 radical (unpaired) electrons. The first-order valence-corrected chi connectivity index (χ1v) is 17.4. The number of rotatable bonds is 5. The highest BCUT2D eigenvalue weighted by Crippen LogP contribution is 2.77. The van der Waals surface area contributed by atoms with Crippen LogP contribution in [-0.2, 0) is 9.47 Å². The molecule has 0 saturated heterocycles. The minimum atomic E-state index is -0.447. The first-order chi connectivity index (χ1) is 21.8. The molecule has 5 saturated carbocycles. The Hall–Kier alpha value is -2.88. The molecule has 2 heterocycles. The Morgan fingerprint density at radius 2 is 1.54 bits per heavy atom. The maximum atomic E-state index is 14.4. The SMILES string of the molecule is C=C(COC)[C@@H]1CC[C@]2(C(=O)n3cncn3)CC[C@]3(C)[C@H](CC[C@@H]4[C@@]5(C)CC[C@H](OC(=O)n6cncn6)C(C)(C)[C@@H]5CC[C@]43C)[C@@H]12. The van der Waals surface area contributed by atoms with Crippen LogP contribution in [-0.4, -0.2) is 61.3 Å². The summed E-state index contributed by atoms with van der Waals surface area (Å²) in [6, 6.07) is 0. The Morgan fingerprint density at radius 1 is 0.826 bits per heavy atom. The molecule has 0 aromatic carbocycles. The molecular formula is C36H52N6O4. The molecule has 0 bridgehead atoms. The van der Waals surface area contributed by atoms with Crippen LogP contribution in [0, 0.1) is 56.7 Å². The van der Waals surface area contributed by atoms with Gasteiger partial charge in [0.15, 0.2) is 0 Å². The number of methoxy groups -OCH3 is 1. The summed E-state index contributed by atoms with van der Waals surface area (Å²) in [6.45, 7) is 17.5. The van der Waals surface area contributed by atoms with Gasteiger partial charge in [0, 0.05) is 12.5 Å². The van der Waals surface area contributed by atoms with Crippen molar-refractivity contribution in [2.75, 3.05) is 13.7 Å². The molecule has 5 aliphatic carbocycles. The standard InChI is InChI=1S/C36H52N6O4/c1-23(18-45-7)24-10-15-36(30(43)41-21-37-19-39-41)17-16-34(5)25(29(24)36)8-9-27-33(4)13-12-28(46-31(44)42-22-38-20-40-42)32(2,3)26(33)11-14-35(27,34)6/h19-22,24-29H,1,8-18H2,2-7H3/t24-,25+,26-,27+,28-,29+,33-,34+,35+,36-/m0/s1. The molecule has 5 fully saturated rings. The summed E-state index contributed by atoms with van der Waals surface area (Å²) in [5.74, 6) is 2.03. The van der Waals surface area contributed by atoms with Crippen molar-refractivity contribution in [3.05, 3.63) is 37.5 Å². The molecule has 0 N–H and O–H groups in total. The number of hydrogen-bond acceptors (Lipinski definition) is 8. The Labute approximate surface area is 273 Å². The van der Waals surface area contributed by atoms with Crippen molar-refractivity contribution in [3.8, 4) is 0 Å². The van der Waals surface area contributed by atoms with Gasteiger partial charge in [-0.3, -0.25) is 4.79 Å². The van der Waals surface area contributed by atoms with Gasteiger partial charge in [0.1, 0.15) is 31.4 Å². The lowest BCUT2D eigenvalue weighted by Crippen LogP contribution is -2.67. The second-order valence-corrected chi connectivity index (χ2v) is 16.8. The van der Waals surface area contributed by atoms with Crippen LogP contribution >= 0.6 is 0 Å². The monoisotopic (exact) mass is 632 g/mol. The van der Waals surface area contributed by atoms with Gasteiger partial charge in [-0.2, -0.15) is 14.5 Å². The van der Waals surface area contributed by atoms with Crippen LogP contribution in [0.2, 0.25) is 0 Å². The Balaban J connectivity index is 1.21. The number of carbonyl (C=O) groups excluding carboxylic acids is 2. The quantitative estimate of drug-likeness (QED) is 0.329. The lowest BCUT2D eigenvalue weighted by molar-refractivity contribution is -0.244. The van der Waals surface area contributed by atoms with Crippen molar-refractivity contribution in [3.63, 3.8) is 0 Å². The minimum absolute atomic E-state index is 0.0944. The highest BCUT2D eigenvalue weighted by atomic mass is 16.6. The molecule has 0 amide bonds. The summed E-state index contributed by atoms with van der Waals surface area (Å²) in [6.07, 6.45) is 15.5. The predicted octanol–water partition coefficient (Wildman–Crippen LogP) is 6.85. The van der Waals surface area contributed by atoms with Crippen LogP contribution in [0.15, 0.2) is 37.5 Å². The van der Waals surface area contributed by atoms with Crippen LogP contribution in [0.4, 0.5) is 4.79 Å². The van der Waals surface area contributed by atoms with E-state index in [9.17, 15) is 9.59 Å². The van der Waals surface area contributed by atoms with E-state index in [1.165, 1.54) is 28.3 Å². The number of carbonyl (C=O) groups is 2. The van der Waals surface area contributed by atoms with Crippen LogP contribution in [0.5, 0.6) is 0 Å². The van der Waals surface area contributed by atoms with Gasteiger partial charge < -0.3 is 9.47 Å². The Bertz CT molecular complexity index is 1490. The van der Waals surface area contributed by atoms with E-state index in [1.54, 1.807) is 13.4 Å². The van der Waals surface area contributed by atoms with E-state index < -0.39 is 11.5 Å². The van der Waals surface area contributed by atoms with Gasteiger partial charge in [-0.25, -0.2) is 14.8 Å². The highest BCUT2D eigenvalue weighted by molar-refractivity contribution is 5.85. The molecule has 46 heavy (non-hydrogen) atoms. The lowest BCUT2D eigenvalue weighted by atomic mass is 9.32. The van der Waals surface area contributed by atoms with Crippen molar-refractivity contribution in [2.45, 2.75) is 105 Å². The van der Waals surface area contributed by atoms with E-state index in [2.05, 4.69) is 61.4 Å². The Morgan fingerprint density at radius 3 is 2.22 bits per heavy atom. The molecule has 5 aliphatic rings. The normalized spacial score (nSPS) is 42.7. The molecular weight excluding hydrogens is 580 g/mol. The van der Waals surface area contributed by atoms with E-state index in [-0.39, 0.29) is 45.5 Å². The second-order valence-electron chi connectivity index (χ2n) is 16.8. The third-order valence-corrected chi connectivity index (χ3v) is 15.1. The zero-order chi connectivity index (χ0) is 32.7. The summed E-state index contributed by atoms with van der Waals surface area (Å²) in [5.41, 5.74) is 0.894. The predicted molar refractivity (Wildman–Crippen MR) is 172 cm³/mol. The number of aromatic nitrogens is 6. The summed E-state index contributed by atoms with van der Waals surface area (Å²) in [4.78, 5) is 35.4. The van der Waals surface area contributed by atoms with Crippen LogP contribution in [0.1, 0.15) is 104 Å². The van der Waals surface area contributed by atoms with Gasteiger partial charge in [0.2, 0.25) is 0 Å². The summed E-state index contributed by atoms with van der Waals surface area (Å²) < 4.78 is 14.5. The smallest absolute Gasteiger partial charge is 0.436 e. The van der Waals surface area contributed by atoms with E-state index >= 15 is 0 Å². The van der Waals surface area contributed by atoms with E-state index in [4.69, 9.17) is 9.47 Å². The molecule has 7 rings (SSSR count). The fourth-order valence-electron chi connectivity index (χ4n) is 12.9. The van der Waals surface area contributed by atoms with E-state index in [0.717, 1.165) is 69.8 Å². The number of hydrogen-bond donors (Lipinski definition) is 0. The summed E-state index contributed by atoms with van der Waals surface area (Å²) in [7, 11) is 1.75. The molecule has 10 atom stereocenters. The van der Waals surface area contributed by atoms with Crippen molar-refractivity contribution < 1.29 is 19.1 Å². The first-order valence-electron chi connectivity index (χ1n) is 17.4. The topological polar surface area (TPSA) is 114 Å². The van der Waals surface area contributed by atoms with E-state index in [0.29, 0.717) is 24.4 Å². The Kier molecular flexibility index (Phi) is 7.46. The molecule has 0 aliphatic heterocycles. The molecule has 10 heteroatoms. The van der Waals surface area contributed by atoms with E-state index in [1.807, 2.05) is 0 Å². The molecule has 250 valence electrons. The first kappa shape index (κ1) is 31.7. The van der Waals surface area contributed by atoms with Gasteiger partial charge >= 0.3 is 6.09 Å². The number of ether oxygens (including phenoxy) is 2. The summed E-state index contributed by atoms with van der Waals surface area (Å²) in [5, 5.41) is 8.33. The summed E-state index contributed by atoms with van der Waals surface area (Å²) >= 11 is 0. The third-order valence-electron chi connectivity index (χ3n) is 15.1. The molecule has 10 nitrogen and oxygen atoms in total. The zero-order valence-corrected chi connectivity index (χ0v) is 28.6. The lowest BCUT2D eigenvalue weighted by Gasteiger charge is -2.72. The largest absolute Gasteiger partial charge is 0.444 e. The maximum Gasteiger partial charge on any atom is 0.436 e. The van der Waals surface area contributed by atoms with Crippen molar-refractivity contribution >= 4 is 12.0 Å². The molecule has 0 unspecified atom stereocenters. The zero-order valence-electron chi connectivity index (χ0n) is 28.6. The van der Waals surface area contributed by atoms with Crippen LogP contribution < -0.4 is 0 Å². The van der Waals surface area contributed by atoms with Gasteiger partial charge in [0.25, 0.3) is 5.91 Å². The van der Waals surface area contributed by atoms with Gasteiger partial charge in [-0.1, -0.05) is 41.2 Å². The van der Waals surface area contributed by atoms with Crippen molar-refractivity contribution in [2.24, 2.45) is 56.7 Å². The second kappa shape index (κ2) is 10.8. The maximum absolute atomic E-state index is 14.4. The molecule has 0 spiro atoms. The molecule has 2 aromatic rings.